The number of aliphatic hydroxyl groups excluding tert-OH is 1. The fourth-order valence-electron chi connectivity index (χ4n) is 12.1. The molecule has 11 nitrogen and oxygen atoms in total. The maximum atomic E-state index is 13.2. The summed E-state index contributed by atoms with van der Waals surface area (Å²) in [5.74, 6) is -0.399. The number of nitrogens with one attached hydrogen (secondary N) is 2. The number of hydrogen-bond donors (Lipinski definition) is 3. The van der Waals surface area contributed by atoms with Crippen molar-refractivity contribution in [1.29, 1.82) is 0 Å². The standard InChI is InChI=1S/C44H52N4O7/c1-7-27-21-47(5)39-17-34-28-10-8-9-11-36(28)45-40(34)33(16-35(27)44(39,22-49)55-25(4)52)32-15-31-29-12-13-48-20-26-14-30(23(2)50)42(48)43(19-26,54-24(3)51)41(29)46-37(31)18-38(32)53-6/h7-11,15,18,26,30,33,35,39,42,45-46,49H,12-14,16-17,19-22H2,1-6H3/b27-7+/t26-,30-,33-,35-,39-,42+,43-,44-/m1/s1. The number of aromatic amines is 2. The lowest BCUT2D eigenvalue weighted by Crippen LogP contribution is -2.66. The Morgan fingerprint density at radius 2 is 1.78 bits per heavy atom. The quantitative estimate of drug-likeness (QED) is 0.172. The highest BCUT2D eigenvalue weighted by atomic mass is 16.6. The number of ketones is 1. The summed E-state index contributed by atoms with van der Waals surface area (Å²) in [6.07, 6.45) is 5.47. The van der Waals surface area contributed by atoms with Gasteiger partial charge in [-0.15, -0.1) is 0 Å². The molecule has 10 rings (SSSR count). The molecule has 2 aromatic carbocycles. The number of nitrogens with zero attached hydrogens (tertiary/aromatic N) is 2. The molecule has 11 heteroatoms. The molecule has 1 unspecified atom stereocenters. The predicted octanol–water partition coefficient (Wildman–Crippen LogP) is 5.52. The van der Waals surface area contributed by atoms with Crippen molar-refractivity contribution in [3.05, 3.63) is 76.1 Å². The van der Waals surface area contributed by atoms with Gasteiger partial charge in [0.15, 0.2) is 11.2 Å². The van der Waals surface area contributed by atoms with E-state index in [1.807, 2.05) is 13.0 Å². The van der Waals surface area contributed by atoms with Gasteiger partial charge in [0.25, 0.3) is 0 Å². The molecule has 0 spiro atoms. The Balaban J connectivity index is 1.28. The average molecular weight is 749 g/mol. The highest BCUT2D eigenvalue weighted by molar-refractivity contribution is 5.90. The second kappa shape index (κ2) is 13.1. The summed E-state index contributed by atoms with van der Waals surface area (Å²) in [4.78, 5) is 51.4. The number of ether oxygens (including phenoxy) is 3. The molecule has 0 amide bonds. The number of aliphatic hydroxyl groups is 1. The summed E-state index contributed by atoms with van der Waals surface area (Å²) >= 11 is 0. The normalized spacial score (nSPS) is 33.4. The van der Waals surface area contributed by atoms with Crippen LogP contribution in [-0.2, 0) is 42.3 Å². The van der Waals surface area contributed by atoms with Crippen molar-refractivity contribution in [2.24, 2.45) is 17.8 Å². The van der Waals surface area contributed by atoms with Gasteiger partial charge in [0, 0.05) is 90.4 Å². The Kier molecular flexibility index (Phi) is 8.60. The predicted molar refractivity (Wildman–Crippen MR) is 208 cm³/mol. The van der Waals surface area contributed by atoms with Crippen LogP contribution in [0.3, 0.4) is 0 Å². The van der Waals surface area contributed by atoms with Crippen molar-refractivity contribution in [2.75, 3.05) is 40.4 Å². The molecule has 4 fully saturated rings. The largest absolute Gasteiger partial charge is 0.496 e. The van der Waals surface area contributed by atoms with Crippen molar-refractivity contribution in [3.8, 4) is 5.75 Å². The van der Waals surface area contributed by atoms with Crippen LogP contribution < -0.4 is 4.74 Å². The summed E-state index contributed by atoms with van der Waals surface area (Å²) < 4.78 is 19.1. The zero-order chi connectivity index (χ0) is 38.6. The van der Waals surface area contributed by atoms with Gasteiger partial charge in [0.05, 0.1) is 31.5 Å². The van der Waals surface area contributed by atoms with Crippen LogP contribution in [0.2, 0.25) is 0 Å². The van der Waals surface area contributed by atoms with Gasteiger partial charge in [-0.1, -0.05) is 29.8 Å². The van der Waals surface area contributed by atoms with Crippen LogP contribution in [0, 0.1) is 17.8 Å². The smallest absolute Gasteiger partial charge is 0.303 e. The average Bonchev–Trinajstić information content (AvgIpc) is 3.68. The number of piperidine rings is 3. The van der Waals surface area contributed by atoms with Gasteiger partial charge in [-0.3, -0.25) is 24.2 Å². The number of methoxy groups -OCH3 is 1. The Morgan fingerprint density at radius 3 is 2.49 bits per heavy atom. The molecule has 55 heavy (non-hydrogen) atoms. The lowest BCUT2D eigenvalue weighted by molar-refractivity contribution is -0.201. The number of aromatic nitrogens is 2. The number of likely N-dealkylation sites (tertiary alicyclic amines) is 1. The number of rotatable bonds is 6. The first-order valence-corrected chi connectivity index (χ1v) is 19.8. The van der Waals surface area contributed by atoms with Gasteiger partial charge in [0.2, 0.25) is 0 Å². The third kappa shape index (κ3) is 5.29. The summed E-state index contributed by atoms with van der Waals surface area (Å²) in [7, 11) is 3.75. The van der Waals surface area contributed by atoms with E-state index in [-0.39, 0.29) is 54.1 Å². The van der Waals surface area contributed by atoms with E-state index >= 15 is 0 Å². The van der Waals surface area contributed by atoms with Crippen LogP contribution in [0.5, 0.6) is 5.75 Å². The highest BCUT2D eigenvalue weighted by Crippen LogP contribution is 2.56. The van der Waals surface area contributed by atoms with Gasteiger partial charge >= 0.3 is 11.9 Å². The molecule has 0 radical (unpaired) electrons. The van der Waals surface area contributed by atoms with Gasteiger partial charge in [-0.25, -0.2) is 0 Å². The van der Waals surface area contributed by atoms with E-state index in [1.165, 1.54) is 13.8 Å². The molecular formula is C44H52N4O7. The molecule has 6 bridgehead atoms. The van der Waals surface area contributed by atoms with E-state index in [1.54, 1.807) is 14.0 Å². The fraction of sp³-hybridized carbons (Fsp3) is 0.523. The second-order valence-electron chi connectivity index (χ2n) is 16.9. The Morgan fingerprint density at radius 1 is 1.00 bits per heavy atom. The molecule has 3 saturated heterocycles. The maximum Gasteiger partial charge on any atom is 0.303 e. The monoisotopic (exact) mass is 748 g/mol. The van der Waals surface area contributed by atoms with Gasteiger partial charge < -0.3 is 29.3 Å². The van der Waals surface area contributed by atoms with Crippen LogP contribution in [0.15, 0.2) is 48.0 Å². The van der Waals surface area contributed by atoms with Crippen LogP contribution in [0.25, 0.3) is 21.8 Å². The number of H-pyrrole nitrogens is 2. The summed E-state index contributed by atoms with van der Waals surface area (Å²) in [6, 6.07) is 12.2. The molecule has 4 aromatic rings. The van der Waals surface area contributed by atoms with E-state index in [4.69, 9.17) is 14.2 Å². The number of Topliss-reactive ketones (excluding diaryl/α,β-unsaturated/α-hetero) is 1. The minimum atomic E-state index is -1.17. The van der Waals surface area contributed by atoms with Gasteiger partial charge in [-0.05, 0) is 82.2 Å². The van der Waals surface area contributed by atoms with Crippen molar-refractivity contribution >= 4 is 39.5 Å². The van der Waals surface area contributed by atoms with E-state index in [0.717, 1.165) is 81.4 Å². The van der Waals surface area contributed by atoms with Crippen LogP contribution in [-0.4, -0.2) is 101 Å². The highest BCUT2D eigenvalue weighted by Gasteiger charge is 2.62. The zero-order valence-electron chi connectivity index (χ0n) is 32.7. The van der Waals surface area contributed by atoms with Crippen LogP contribution in [0.1, 0.15) is 81.0 Å². The van der Waals surface area contributed by atoms with E-state index in [0.29, 0.717) is 31.6 Å². The number of hydrogen-bond acceptors (Lipinski definition) is 9. The van der Waals surface area contributed by atoms with Crippen molar-refractivity contribution in [1.82, 2.24) is 19.8 Å². The number of carbonyl (C=O) groups is 3. The molecule has 2 aromatic heterocycles. The van der Waals surface area contributed by atoms with E-state index in [9.17, 15) is 19.5 Å². The fourth-order valence-corrected chi connectivity index (χ4v) is 12.1. The first-order valence-electron chi connectivity index (χ1n) is 19.8. The Hall–Kier alpha value is -4.45. The van der Waals surface area contributed by atoms with Crippen molar-refractivity contribution in [2.45, 2.75) is 89.0 Å². The lowest BCUT2D eigenvalue weighted by Gasteiger charge is -2.57. The van der Waals surface area contributed by atoms with Crippen molar-refractivity contribution in [3.63, 3.8) is 0 Å². The minimum Gasteiger partial charge on any atom is -0.496 e. The number of fused-ring (bicyclic) bond motifs is 9. The van der Waals surface area contributed by atoms with Gasteiger partial charge in [-0.2, -0.15) is 0 Å². The first kappa shape index (κ1) is 36.2. The number of carbonyl (C=O) groups excluding carboxylic acids is 3. The van der Waals surface area contributed by atoms with Crippen molar-refractivity contribution < 1.29 is 33.7 Å². The van der Waals surface area contributed by atoms with E-state index < -0.39 is 17.2 Å². The number of benzene rings is 2. The molecule has 9 atom stereocenters. The van der Waals surface area contributed by atoms with Gasteiger partial charge in [0.1, 0.15) is 11.5 Å². The number of para-hydroxylation sites is 1. The third-order valence-corrected chi connectivity index (χ3v) is 14.1. The Labute approximate surface area is 321 Å². The SMILES string of the molecule is C/C=C1\CN(C)[C@@H]2Cc3c([nH]c4ccccc34)[C@@H](c3cc4c5c([nH]c4cc3OC)[C@]3(OC(C)=O)C[C@H]4C[C@H](C(C)=O)[C@@H]3N(CC5)C4)C[C@H]1[C@@]2(CO)OC(C)=O. The molecule has 6 heterocycles. The molecule has 4 aliphatic heterocycles. The topological polar surface area (TPSA) is 137 Å². The zero-order valence-corrected chi connectivity index (χ0v) is 32.7. The lowest BCUT2D eigenvalue weighted by atomic mass is 9.62. The number of likely N-dealkylation sites (N-methyl/N-ethyl adjacent to an activating group) is 1. The number of allylic oxidation sites excluding steroid dienone is 1. The minimum absolute atomic E-state index is 0.141. The summed E-state index contributed by atoms with van der Waals surface area (Å²) in [5.41, 5.74) is 6.13. The molecular weight excluding hydrogens is 697 g/mol. The Bertz CT molecular complexity index is 2270. The summed E-state index contributed by atoms with van der Waals surface area (Å²) in [6.45, 7) is 8.64. The molecule has 6 aliphatic rings. The molecule has 1 saturated carbocycles. The first-order chi connectivity index (χ1) is 26.4. The second-order valence-corrected chi connectivity index (χ2v) is 16.9. The maximum absolute atomic E-state index is 13.2. The third-order valence-electron chi connectivity index (χ3n) is 14.1. The van der Waals surface area contributed by atoms with Crippen LogP contribution >= 0.6 is 0 Å². The number of esters is 2. The molecule has 2 aliphatic carbocycles. The van der Waals surface area contributed by atoms with Crippen LogP contribution in [0.4, 0.5) is 0 Å². The molecule has 3 N–H and O–H groups in total. The summed E-state index contributed by atoms with van der Waals surface area (Å²) in [5, 5.41) is 13.6. The van der Waals surface area contributed by atoms with E-state index in [2.05, 4.69) is 63.2 Å². The molecule has 290 valence electrons.